The van der Waals surface area contributed by atoms with Crippen LogP contribution in [0.4, 0.5) is 18.9 Å². The molecule has 0 saturated carbocycles. The van der Waals surface area contributed by atoms with Gasteiger partial charge in [0.05, 0.1) is 23.0 Å². The number of aromatic nitrogens is 2. The molecule has 0 spiro atoms. The molecule has 11 heteroatoms. The van der Waals surface area contributed by atoms with Crippen molar-refractivity contribution in [2.24, 2.45) is 5.92 Å². The first kappa shape index (κ1) is 23.7. The number of halogens is 5. The van der Waals surface area contributed by atoms with Crippen molar-refractivity contribution < 1.29 is 22.5 Å². The van der Waals surface area contributed by atoms with Crippen LogP contribution < -0.4 is 5.32 Å². The Hall–Kier alpha value is -2.43. The fourth-order valence-electron chi connectivity index (χ4n) is 3.70. The predicted octanol–water partition coefficient (Wildman–Crippen LogP) is 6.02. The van der Waals surface area contributed by atoms with E-state index >= 15 is 0 Å². The van der Waals surface area contributed by atoms with E-state index in [0.717, 1.165) is 35.1 Å². The van der Waals surface area contributed by atoms with Crippen LogP contribution in [-0.4, -0.2) is 34.0 Å². The van der Waals surface area contributed by atoms with E-state index in [-0.39, 0.29) is 17.5 Å². The van der Waals surface area contributed by atoms with Crippen molar-refractivity contribution in [1.29, 1.82) is 0 Å². The van der Waals surface area contributed by atoms with Gasteiger partial charge in [0.2, 0.25) is 17.6 Å². The second kappa shape index (κ2) is 9.82. The van der Waals surface area contributed by atoms with Crippen molar-refractivity contribution in [3.05, 3.63) is 63.4 Å². The second-order valence-corrected chi connectivity index (χ2v) is 9.10. The molecule has 1 fully saturated rings. The molecule has 1 aromatic heterocycles. The number of anilines is 1. The van der Waals surface area contributed by atoms with Crippen LogP contribution in [0.1, 0.15) is 24.3 Å². The third-order valence-electron chi connectivity index (χ3n) is 5.34. The number of rotatable bonds is 5. The van der Waals surface area contributed by atoms with E-state index in [4.69, 9.17) is 16.1 Å². The Morgan fingerprint density at radius 2 is 2.00 bits per heavy atom. The van der Waals surface area contributed by atoms with Gasteiger partial charge < -0.3 is 9.84 Å². The molecule has 1 atom stereocenters. The maximum Gasteiger partial charge on any atom is 0.417 e. The van der Waals surface area contributed by atoms with Crippen LogP contribution in [0.5, 0.6) is 0 Å². The largest absolute Gasteiger partial charge is 0.417 e. The maximum atomic E-state index is 13.1. The maximum absolute atomic E-state index is 13.1. The van der Waals surface area contributed by atoms with Gasteiger partial charge in [0.25, 0.3) is 0 Å². The van der Waals surface area contributed by atoms with E-state index in [1.807, 2.05) is 29.2 Å². The molecule has 1 aliphatic rings. The highest BCUT2D eigenvalue weighted by Gasteiger charge is 2.34. The predicted molar refractivity (Wildman–Crippen MR) is 121 cm³/mol. The topological polar surface area (TPSA) is 71.3 Å². The molecule has 0 radical (unpaired) electrons. The molecule has 0 bridgehead atoms. The van der Waals surface area contributed by atoms with Gasteiger partial charge in [-0.05, 0) is 61.9 Å². The van der Waals surface area contributed by atoms with Crippen molar-refractivity contribution >= 4 is 39.1 Å². The Labute approximate surface area is 201 Å². The van der Waals surface area contributed by atoms with Gasteiger partial charge in [-0.25, -0.2) is 0 Å². The zero-order chi connectivity index (χ0) is 23.6. The lowest BCUT2D eigenvalue weighted by Gasteiger charge is -2.30. The summed E-state index contributed by atoms with van der Waals surface area (Å²) in [7, 11) is 0. The van der Waals surface area contributed by atoms with Gasteiger partial charge >= 0.3 is 6.18 Å². The first-order valence-electron chi connectivity index (χ1n) is 10.2. The van der Waals surface area contributed by atoms with Gasteiger partial charge in [0, 0.05) is 22.3 Å². The lowest BCUT2D eigenvalue weighted by Crippen LogP contribution is -2.40. The van der Waals surface area contributed by atoms with Crippen LogP contribution in [0.2, 0.25) is 5.02 Å². The van der Waals surface area contributed by atoms with E-state index in [1.54, 1.807) is 0 Å². The molecule has 6 nitrogen and oxygen atoms in total. The van der Waals surface area contributed by atoms with Crippen molar-refractivity contribution in [3.63, 3.8) is 0 Å². The van der Waals surface area contributed by atoms with Crippen molar-refractivity contribution in [2.45, 2.75) is 25.6 Å². The molecule has 33 heavy (non-hydrogen) atoms. The number of nitrogens with one attached hydrogen (secondary N) is 1. The highest BCUT2D eigenvalue weighted by atomic mass is 79.9. The van der Waals surface area contributed by atoms with Gasteiger partial charge in [0.15, 0.2) is 0 Å². The molecule has 2 heterocycles. The Bertz CT molecular complexity index is 1140. The van der Waals surface area contributed by atoms with Crippen LogP contribution in [0.15, 0.2) is 51.5 Å². The number of piperidine rings is 1. The first-order valence-corrected chi connectivity index (χ1v) is 11.3. The summed E-state index contributed by atoms with van der Waals surface area (Å²) in [4.78, 5) is 19.2. The van der Waals surface area contributed by atoms with E-state index < -0.39 is 16.8 Å². The average molecular weight is 544 g/mol. The molecule has 174 valence electrons. The highest BCUT2D eigenvalue weighted by Crippen LogP contribution is 2.36. The molecular formula is C22H19BrClF3N4O2. The summed E-state index contributed by atoms with van der Waals surface area (Å²) >= 11 is 9.03. The van der Waals surface area contributed by atoms with Crippen molar-refractivity contribution in [3.8, 4) is 11.4 Å². The van der Waals surface area contributed by atoms with E-state index in [2.05, 4.69) is 31.4 Å². The summed E-state index contributed by atoms with van der Waals surface area (Å²) in [6.45, 7) is 1.56. The summed E-state index contributed by atoms with van der Waals surface area (Å²) in [5, 5.41) is 6.19. The van der Waals surface area contributed by atoms with E-state index in [0.29, 0.717) is 31.2 Å². The van der Waals surface area contributed by atoms with Crippen molar-refractivity contribution in [1.82, 2.24) is 15.0 Å². The lowest BCUT2D eigenvalue weighted by molar-refractivity contribution is -0.137. The van der Waals surface area contributed by atoms with Crippen LogP contribution in [0.25, 0.3) is 11.4 Å². The molecule has 1 aliphatic heterocycles. The van der Waals surface area contributed by atoms with Crippen LogP contribution in [0, 0.1) is 5.92 Å². The van der Waals surface area contributed by atoms with Crippen LogP contribution in [-0.2, 0) is 17.5 Å². The van der Waals surface area contributed by atoms with Gasteiger partial charge in [0.1, 0.15) is 0 Å². The smallest absolute Gasteiger partial charge is 0.338 e. The lowest BCUT2D eigenvalue weighted by atomic mass is 9.97. The molecule has 1 unspecified atom stereocenters. The van der Waals surface area contributed by atoms with E-state index in [1.165, 1.54) is 6.07 Å². The van der Waals surface area contributed by atoms with Gasteiger partial charge in [-0.15, -0.1) is 0 Å². The monoisotopic (exact) mass is 542 g/mol. The quantitative estimate of drug-likeness (QED) is 0.426. The average Bonchev–Trinajstić information content (AvgIpc) is 3.23. The zero-order valence-electron chi connectivity index (χ0n) is 17.2. The summed E-state index contributed by atoms with van der Waals surface area (Å²) in [6, 6.07) is 10.9. The number of carbonyl (C=O) groups is 1. The molecule has 0 aliphatic carbocycles. The SMILES string of the molecule is O=C(Nc1ccc(Cl)c(C(F)(F)F)c1)C1CCCN(Cc2nc(-c3ccc(Br)cc3)no2)C1. The summed E-state index contributed by atoms with van der Waals surface area (Å²) in [5.41, 5.74) is -0.0969. The van der Waals surface area contributed by atoms with Gasteiger partial charge in [-0.3, -0.25) is 9.69 Å². The number of benzene rings is 2. The number of amides is 1. The Morgan fingerprint density at radius 1 is 1.24 bits per heavy atom. The number of carbonyl (C=O) groups excluding carboxylic acids is 1. The standard InChI is InChI=1S/C22H19BrClF3N4O2/c23-15-5-3-13(4-6-15)20-29-19(33-30-20)12-31-9-1-2-14(11-31)21(32)28-16-7-8-18(24)17(10-16)22(25,26)27/h3-8,10,14H,1-2,9,11-12H2,(H,28,32). The fraction of sp³-hybridized carbons (Fsp3) is 0.318. The Morgan fingerprint density at radius 3 is 2.73 bits per heavy atom. The summed E-state index contributed by atoms with van der Waals surface area (Å²) in [6.07, 6.45) is -3.20. The number of nitrogens with zero attached hydrogens (tertiary/aromatic N) is 3. The first-order chi connectivity index (χ1) is 15.7. The summed E-state index contributed by atoms with van der Waals surface area (Å²) < 4.78 is 45.6. The third kappa shape index (κ3) is 5.93. The molecule has 1 N–H and O–H groups in total. The van der Waals surface area contributed by atoms with Gasteiger partial charge in [-0.1, -0.05) is 32.7 Å². The number of likely N-dealkylation sites (tertiary alicyclic amines) is 1. The fourth-order valence-corrected chi connectivity index (χ4v) is 4.19. The number of hydrogen-bond acceptors (Lipinski definition) is 5. The molecule has 1 amide bonds. The minimum Gasteiger partial charge on any atom is -0.338 e. The molecular weight excluding hydrogens is 525 g/mol. The molecule has 3 aromatic rings. The van der Waals surface area contributed by atoms with Gasteiger partial charge in [-0.2, -0.15) is 18.2 Å². The van der Waals surface area contributed by atoms with Crippen LogP contribution in [0.3, 0.4) is 0 Å². The summed E-state index contributed by atoms with van der Waals surface area (Å²) in [5.74, 6) is 0.197. The Kier molecular flexibility index (Phi) is 7.06. The normalized spacial score (nSPS) is 17.2. The third-order valence-corrected chi connectivity index (χ3v) is 6.20. The zero-order valence-corrected chi connectivity index (χ0v) is 19.5. The van der Waals surface area contributed by atoms with E-state index in [9.17, 15) is 18.0 Å². The second-order valence-electron chi connectivity index (χ2n) is 7.77. The molecule has 2 aromatic carbocycles. The highest BCUT2D eigenvalue weighted by molar-refractivity contribution is 9.10. The molecule has 1 saturated heterocycles. The minimum absolute atomic E-state index is 0.0601. The molecule has 4 rings (SSSR count). The number of alkyl halides is 3. The Balaban J connectivity index is 1.38. The van der Waals surface area contributed by atoms with Crippen LogP contribution >= 0.6 is 27.5 Å². The van der Waals surface area contributed by atoms with Crippen molar-refractivity contribution in [2.75, 3.05) is 18.4 Å². The number of hydrogen-bond donors (Lipinski definition) is 1. The minimum atomic E-state index is -4.60.